The lowest BCUT2D eigenvalue weighted by molar-refractivity contribution is 0.354. The molecule has 3 aromatic rings. The number of methoxy groups -OCH3 is 2. The zero-order valence-corrected chi connectivity index (χ0v) is 16.0. The molecule has 0 aliphatic carbocycles. The molecule has 0 bridgehead atoms. The summed E-state index contributed by atoms with van der Waals surface area (Å²) in [6, 6.07) is 10.8. The third kappa shape index (κ3) is 2.91. The topological polar surface area (TPSA) is 82.5 Å². The number of anilines is 1. The van der Waals surface area contributed by atoms with Crippen LogP contribution < -0.4 is 14.2 Å². The van der Waals surface area contributed by atoms with Crippen molar-refractivity contribution in [2.75, 3.05) is 18.9 Å². The van der Waals surface area contributed by atoms with Gasteiger partial charge in [0.25, 0.3) is 10.0 Å². The van der Waals surface area contributed by atoms with Crippen LogP contribution in [0.3, 0.4) is 0 Å². The van der Waals surface area contributed by atoms with Crippen molar-refractivity contribution in [3.05, 3.63) is 59.5 Å². The first-order chi connectivity index (χ1) is 12.9. The van der Waals surface area contributed by atoms with Gasteiger partial charge in [0, 0.05) is 18.2 Å². The Balaban J connectivity index is 1.78. The molecule has 1 aliphatic rings. The molecule has 0 spiro atoms. The lowest BCUT2D eigenvalue weighted by Crippen LogP contribution is -2.16. The van der Waals surface area contributed by atoms with Gasteiger partial charge in [0.15, 0.2) is 16.5 Å². The Bertz CT molecular complexity index is 1120. The van der Waals surface area contributed by atoms with Crippen LogP contribution >= 0.6 is 0 Å². The second-order valence-electron chi connectivity index (χ2n) is 6.33. The molecule has 2 heterocycles. The number of fused-ring (bicyclic) bond motifs is 3. The molecule has 27 heavy (non-hydrogen) atoms. The molecule has 0 saturated carbocycles. The van der Waals surface area contributed by atoms with E-state index in [1.54, 1.807) is 37.0 Å². The van der Waals surface area contributed by atoms with Gasteiger partial charge in [-0.2, -0.15) is 8.42 Å². The number of hydrogen-bond acceptors (Lipinski definition) is 5. The number of aromatic nitrogens is 2. The Kier molecular flexibility index (Phi) is 4.07. The van der Waals surface area contributed by atoms with E-state index >= 15 is 0 Å². The number of ether oxygens (including phenoxy) is 2. The van der Waals surface area contributed by atoms with Crippen molar-refractivity contribution in [3.8, 4) is 17.2 Å². The van der Waals surface area contributed by atoms with Crippen LogP contribution in [0.15, 0.2) is 47.6 Å². The van der Waals surface area contributed by atoms with Crippen LogP contribution in [0, 0.1) is 6.92 Å². The Morgan fingerprint density at radius 2 is 1.74 bits per heavy atom. The summed E-state index contributed by atoms with van der Waals surface area (Å²) in [5, 5.41) is 0.0871. The van der Waals surface area contributed by atoms with E-state index < -0.39 is 10.0 Å². The highest BCUT2D eigenvalue weighted by molar-refractivity contribution is 7.92. The second-order valence-corrected chi connectivity index (χ2v) is 7.96. The van der Waals surface area contributed by atoms with Gasteiger partial charge in [0.1, 0.15) is 5.82 Å². The number of hydrogen-bond donors (Lipinski definition) is 1. The fourth-order valence-corrected chi connectivity index (χ4v) is 4.39. The summed E-state index contributed by atoms with van der Waals surface area (Å²) in [4.78, 5) is 4.31. The molecule has 7 nitrogen and oxygen atoms in total. The van der Waals surface area contributed by atoms with Crippen LogP contribution in [0.4, 0.5) is 5.69 Å². The van der Waals surface area contributed by atoms with E-state index in [0.29, 0.717) is 29.4 Å². The van der Waals surface area contributed by atoms with E-state index in [4.69, 9.17) is 9.47 Å². The average molecular weight is 385 g/mol. The number of aryl methyl sites for hydroxylation is 1. The van der Waals surface area contributed by atoms with Gasteiger partial charge < -0.3 is 9.47 Å². The monoisotopic (exact) mass is 385 g/mol. The predicted octanol–water partition coefficient (Wildman–Crippen LogP) is 2.90. The van der Waals surface area contributed by atoms with Crippen molar-refractivity contribution in [1.29, 1.82) is 0 Å². The highest BCUT2D eigenvalue weighted by Gasteiger charge is 2.30. The SMILES string of the molecule is COc1cc2c(cc1OC)-n1c(S(=O)(=O)Nc3ccc(C)cc3)cnc1C2. The molecule has 0 saturated heterocycles. The lowest BCUT2D eigenvalue weighted by Gasteiger charge is -2.13. The maximum absolute atomic E-state index is 13.0. The minimum Gasteiger partial charge on any atom is -0.493 e. The maximum atomic E-state index is 13.0. The molecular formula is C19H19N3O4S. The van der Waals surface area contributed by atoms with Crippen molar-refractivity contribution < 1.29 is 17.9 Å². The molecule has 0 unspecified atom stereocenters. The van der Waals surface area contributed by atoms with Crippen molar-refractivity contribution in [1.82, 2.24) is 9.55 Å². The zero-order chi connectivity index (χ0) is 19.2. The van der Waals surface area contributed by atoms with E-state index in [9.17, 15) is 8.42 Å². The Morgan fingerprint density at radius 3 is 2.41 bits per heavy atom. The number of benzene rings is 2. The molecule has 1 N–H and O–H groups in total. The summed E-state index contributed by atoms with van der Waals surface area (Å²) >= 11 is 0. The van der Waals surface area contributed by atoms with Gasteiger partial charge in [0.05, 0.1) is 26.1 Å². The number of nitrogens with one attached hydrogen (secondary N) is 1. The second kappa shape index (κ2) is 6.31. The molecule has 0 amide bonds. The van der Waals surface area contributed by atoms with Crippen molar-refractivity contribution in [2.45, 2.75) is 18.4 Å². The van der Waals surface area contributed by atoms with Crippen LogP contribution in [0.5, 0.6) is 11.5 Å². The van der Waals surface area contributed by atoms with Gasteiger partial charge in [-0.15, -0.1) is 0 Å². The molecule has 8 heteroatoms. The van der Waals surface area contributed by atoms with Crippen molar-refractivity contribution in [3.63, 3.8) is 0 Å². The fourth-order valence-electron chi connectivity index (χ4n) is 3.20. The highest BCUT2D eigenvalue weighted by Crippen LogP contribution is 2.38. The van der Waals surface area contributed by atoms with Gasteiger partial charge in [0.2, 0.25) is 0 Å². The van der Waals surface area contributed by atoms with E-state index in [-0.39, 0.29) is 5.03 Å². The van der Waals surface area contributed by atoms with Crippen LogP contribution in [-0.4, -0.2) is 32.2 Å². The maximum Gasteiger partial charge on any atom is 0.279 e. The summed E-state index contributed by atoms with van der Waals surface area (Å²) in [6.45, 7) is 1.95. The van der Waals surface area contributed by atoms with Gasteiger partial charge in [-0.1, -0.05) is 17.7 Å². The van der Waals surface area contributed by atoms with Crippen LogP contribution in [0.1, 0.15) is 17.0 Å². The van der Waals surface area contributed by atoms with E-state index in [0.717, 1.165) is 16.8 Å². The molecule has 140 valence electrons. The Morgan fingerprint density at radius 1 is 1.07 bits per heavy atom. The van der Waals surface area contributed by atoms with Gasteiger partial charge in [-0.05, 0) is 30.7 Å². The summed E-state index contributed by atoms with van der Waals surface area (Å²) in [5.41, 5.74) is 3.21. The number of sulfonamides is 1. The third-order valence-corrected chi connectivity index (χ3v) is 5.90. The standard InChI is InChI=1S/C19H19N3O4S/c1-12-4-6-14(7-5-12)21-27(23,24)19-11-20-18-9-13-8-16(25-2)17(26-3)10-15(13)22(18)19/h4-8,10-11,21H,9H2,1-3H3. The van der Waals surface area contributed by atoms with Gasteiger partial charge in [-0.25, -0.2) is 4.98 Å². The van der Waals surface area contributed by atoms with Gasteiger partial charge >= 0.3 is 0 Å². The smallest absolute Gasteiger partial charge is 0.279 e. The van der Waals surface area contributed by atoms with E-state index in [2.05, 4.69) is 9.71 Å². The molecular weight excluding hydrogens is 366 g/mol. The first-order valence-electron chi connectivity index (χ1n) is 8.34. The molecule has 1 aliphatic heterocycles. The Labute approximate surface area is 157 Å². The minimum atomic E-state index is -3.81. The van der Waals surface area contributed by atoms with E-state index in [1.807, 2.05) is 25.1 Å². The summed E-state index contributed by atoms with van der Waals surface area (Å²) in [6.07, 6.45) is 1.90. The minimum absolute atomic E-state index is 0.0871. The summed E-state index contributed by atoms with van der Waals surface area (Å²) < 4.78 is 40.9. The number of imidazole rings is 1. The molecule has 4 rings (SSSR count). The highest BCUT2D eigenvalue weighted by atomic mass is 32.2. The summed E-state index contributed by atoms with van der Waals surface area (Å²) in [5.74, 6) is 1.79. The first-order valence-corrected chi connectivity index (χ1v) is 9.82. The zero-order valence-electron chi connectivity index (χ0n) is 15.2. The Hall–Kier alpha value is -3.00. The quantitative estimate of drug-likeness (QED) is 0.571. The normalized spacial score (nSPS) is 12.4. The van der Waals surface area contributed by atoms with E-state index in [1.165, 1.54) is 6.20 Å². The molecule has 0 fully saturated rings. The van der Waals surface area contributed by atoms with Gasteiger partial charge in [-0.3, -0.25) is 9.29 Å². The van der Waals surface area contributed by atoms with Crippen molar-refractivity contribution in [2.24, 2.45) is 0 Å². The summed E-state index contributed by atoms with van der Waals surface area (Å²) in [7, 11) is -0.693. The number of nitrogens with zero attached hydrogens (tertiary/aromatic N) is 2. The van der Waals surface area contributed by atoms with Crippen LogP contribution in [0.2, 0.25) is 0 Å². The fraction of sp³-hybridized carbons (Fsp3) is 0.211. The first kappa shape index (κ1) is 17.4. The molecule has 1 aromatic heterocycles. The average Bonchev–Trinajstić information content (AvgIpc) is 3.21. The predicted molar refractivity (Wildman–Crippen MR) is 101 cm³/mol. The number of rotatable bonds is 5. The molecule has 0 atom stereocenters. The molecule has 2 aromatic carbocycles. The van der Waals surface area contributed by atoms with Crippen LogP contribution in [-0.2, 0) is 16.4 Å². The van der Waals surface area contributed by atoms with Crippen molar-refractivity contribution >= 4 is 15.7 Å². The third-order valence-electron chi connectivity index (χ3n) is 4.56. The molecule has 0 radical (unpaired) electrons. The largest absolute Gasteiger partial charge is 0.493 e. The lowest BCUT2D eigenvalue weighted by atomic mass is 10.1. The van der Waals surface area contributed by atoms with Crippen LogP contribution in [0.25, 0.3) is 5.69 Å².